The molecule has 21 heavy (non-hydrogen) atoms. The maximum Gasteiger partial charge on any atom is 0.328 e. The molecule has 1 fully saturated rings. The van der Waals surface area contributed by atoms with Crippen molar-refractivity contribution in [2.24, 2.45) is 5.92 Å². The Morgan fingerprint density at radius 1 is 1.33 bits per heavy atom. The maximum absolute atomic E-state index is 11.7. The summed E-state index contributed by atoms with van der Waals surface area (Å²) in [6.07, 6.45) is 7.46. The fraction of sp³-hybridized carbons (Fsp3) is 0.375. The number of hydrogen-bond donors (Lipinski definition) is 3. The molecule has 5 nitrogen and oxygen atoms in total. The number of rotatable bonds is 6. The van der Waals surface area contributed by atoms with Crippen molar-refractivity contribution in [1.82, 2.24) is 5.32 Å². The van der Waals surface area contributed by atoms with Crippen molar-refractivity contribution in [3.05, 3.63) is 35.9 Å². The monoisotopic (exact) mass is 288 g/mol. The second-order valence-electron chi connectivity index (χ2n) is 5.26. The van der Waals surface area contributed by atoms with Crippen LogP contribution in [0.1, 0.15) is 31.2 Å². The van der Waals surface area contributed by atoms with Gasteiger partial charge in [-0.05, 0) is 36.1 Å². The summed E-state index contributed by atoms with van der Waals surface area (Å²) in [5.41, 5.74) is 1.37. The number of carbonyl (C=O) groups excluding carboxylic acids is 1. The lowest BCUT2D eigenvalue weighted by Gasteiger charge is -2.25. The van der Waals surface area contributed by atoms with Gasteiger partial charge in [-0.15, -0.1) is 0 Å². The molecule has 112 valence electrons. The highest BCUT2D eigenvalue weighted by Crippen LogP contribution is 2.28. The molecule has 1 aliphatic rings. The number of carbonyl (C=O) groups is 2. The molecule has 0 aliphatic heterocycles. The van der Waals surface area contributed by atoms with E-state index < -0.39 is 5.97 Å². The fourth-order valence-electron chi connectivity index (χ4n) is 2.23. The zero-order valence-electron chi connectivity index (χ0n) is 11.8. The Morgan fingerprint density at radius 2 is 2.14 bits per heavy atom. The lowest BCUT2D eigenvalue weighted by molar-refractivity contribution is -0.131. The van der Waals surface area contributed by atoms with Gasteiger partial charge in [-0.25, -0.2) is 9.59 Å². The van der Waals surface area contributed by atoms with Crippen LogP contribution < -0.4 is 10.6 Å². The quantitative estimate of drug-likeness (QED) is 0.704. The van der Waals surface area contributed by atoms with Gasteiger partial charge in [0.15, 0.2) is 0 Å². The molecule has 0 heterocycles. The molecule has 1 saturated carbocycles. The number of carboxylic acid groups (broad SMARTS) is 1. The van der Waals surface area contributed by atoms with Gasteiger partial charge in [0, 0.05) is 18.3 Å². The number of benzene rings is 1. The van der Waals surface area contributed by atoms with Crippen LogP contribution in [0.5, 0.6) is 0 Å². The van der Waals surface area contributed by atoms with Crippen LogP contribution in [-0.2, 0) is 4.79 Å². The normalized spacial score (nSPS) is 14.7. The highest BCUT2D eigenvalue weighted by molar-refractivity contribution is 5.90. The first-order valence-electron chi connectivity index (χ1n) is 7.19. The molecule has 0 saturated heterocycles. The lowest BCUT2D eigenvalue weighted by Crippen LogP contribution is -2.31. The van der Waals surface area contributed by atoms with Gasteiger partial charge in [0.1, 0.15) is 0 Å². The lowest BCUT2D eigenvalue weighted by atomic mass is 9.83. The van der Waals surface area contributed by atoms with E-state index in [1.807, 2.05) is 0 Å². The molecule has 0 unspecified atom stereocenters. The minimum absolute atomic E-state index is 0.228. The second kappa shape index (κ2) is 7.47. The number of carboxylic acids is 1. The molecular weight excluding hydrogens is 268 g/mol. The van der Waals surface area contributed by atoms with Crippen LogP contribution in [0.15, 0.2) is 30.3 Å². The van der Waals surface area contributed by atoms with Crippen molar-refractivity contribution < 1.29 is 14.7 Å². The topological polar surface area (TPSA) is 78.4 Å². The molecule has 1 aromatic rings. The zero-order chi connectivity index (χ0) is 15.1. The van der Waals surface area contributed by atoms with E-state index in [1.54, 1.807) is 24.3 Å². The van der Waals surface area contributed by atoms with E-state index in [0.29, 0.717) is 12.2 Å². The van der Waals surface area contributed by atoms with Gasteiger partial charge in [0.05, 0.1) is 0 Å². The molecule has 2 amide bonds. The number of urea groups is 1. The Bertz CT molecular complexity index is 536. The first-order chi connectivity index (χ1) is 10.1. The molecule has 1 aromatic carbocycles. The van der Waals surface area contributed by atoms with Gasteiger partial charge < -0.3 is 15.7 Å². The van der Waals surface area contributed by atoms with Crippen LogP contribution in [-0.4, -0.2) is 23.7 Å². The zero-order valence-corrected chi connectivity index (χ0v) is 11.8. The molecular formula is C16H20N2O3. The number of anilines is 1. The van der Waals surface area contributed by atoms with Crippen LogP contribution >= 0.6 is 0 Å². The number of nitrogens with one attached hydrogen (secondary N) is 2. The minimum atomic E-state index is -0.998. The third kappa shape index (κ3) is 5.30. The molecule has 3 N–H and O–H groups in total. The van der Waals surface area contributed by atoms with Crippen LogP contribution in [0.3, 0.4) is 0 Å². The Hall–Kier alpha value is -2.30. The standard InChI is InChI=1S/C16H20N2O3/c19-15(20)8-7-13-5-2-6-14(11-13)18-16(21)17-10-9-12-3-1-4-12/h2,5-8,11-12H,1,3-4,9-10H2,(H,19,20)(H2,17,18,21)/b8-7+. The predicted molar refractivity (Wildman–Crippen MR) is 82.1 cm³/mol. The largest absolute Gasteiger partial charge is 0.478 e. The summed E-state index contributed by atoms with van der Waals surface area (Å²) in [5, 5.41) is 14.2. The van der Waals surface area contributed by atoms with Gasteiger partial charge in [0.25, 0.3) is 0 Å². The molecule has 0 radical (unpaired) electrons. The Kier molecular flexibility index (Phi) is 5.37. The average molecular weight is 288 g/mol. The second-order valence-corrected chi connectivity index (χ2v) is 5.26. The van der Waals surface area contributed by atoms with E-state index in [-0.39, 0.29) is 6.03 Å². The van der Waals surface area contributed by atoms with Crippen molar-refractivity contribution in [2.45, 2.75) is 25.7 Å². The summed E-state index contributed by atoms with van der Waals surface area (Å²) < 4.78 is 0. The van der Waals surface area contributed by atoms with Crippen LogP contribution in [0.2, 0.25) is 0 Å². The number of aliphatic carboxylic acids is 1. The number of amides is 2. The van der Waals surface area contributed by atoms with Gasteiger partial charge in [-0.2, -0.15) is 0 Å². The summed E-state index contributed by atoms with van der Waals surface area (Å²) in [6, 6.07) is 6.81. The smallest absolute Gasteiger partial charge is 0.328 e. The van der Waals surface area contributed by atoms with E-state index in [1.165, 1.54) is 25.3 Å². The van der Waals surface area contributed by atoms with Crippen molar-refractivity contribution >= 4 is 23.8 Å². The van der Waals surface area contributed by atoms with Gasteiger partial charge >= 0.3 is 12.0 Å². The molecule has 1 aliphatic carbocycles. The predicted octanol–water partition coefficient (Wildman–Crippen LogP) is 3.10. The van der Waals surface area contributed by atoms with Crippen LogP contribution in [0.25, 0.3) is 6.08 Å². The van der Waals surface area contributed by atoms with Crippen molar-refractivity contribution in [2.75, 3.05) is 11.9 Å². The average Bonchev–Trinajstić information content (AvgIpc) is 2.40. The van der Waals surface area contributed by atoms with Gasteiger partial charge in [0.2, 0.25) is 0 Å². The van der Waals surface area contributed by atoms with E-state index in [4.69, 9.17) is 5.11 Å². The SMILES string of the molecule is O=C(O)/C=C/c1cccc(NC(=O)NCCC2CCC2)c1. The van der Waals surface area contributed by atoms with E-state index in [0.717, 1.165) is 24.0 Å². The van der Waals surface area contributed by atoms with Crippen LogP contribution in [0, 0.1) is 5.92 Å². The first kappa shape index (κ1) is 15.1. The van der Waals surface area contributed by atoms with Crippen molar-refractivity contribution in [3.8, 4) is 0 Å². The van der Waals surface area contributed by atoms with E-state index >= 15 is 0 Å². The molecule has 0 spiro atoms. The summed E-state index contributed by atoms with van der Waals surface area (Å²) in [6.45, 7) is 0.690. The molecule has 0 aromatic heterocycles. The highest BCUT2D eigenvalue weighted by Gasteiger charge is 2.16. The third-order valence-electron chi connectivity index (χ3n) is 3.63. The van der Waals surface area contributed by atoms with Gasteiger partial charge in [-0.1, -0.05) is 31.4 Å². The van der Waals surface area contributed by atoms with Gasteiger partial charge in [-0.3, -0.25) is 0 Å². The van der Waals surface area contributed by atoms with Crippen molar-refractivity contribution in [1.29, 1.82) is 0 Å². The Morgan fingerprint density at radius 3 is 2.81 bits per heavy atom. The Balaban J connectivity index is 1.79. The molecule has 2 rings (SSSR count). The third-order valence-corrected chi connectivity index (χ3v) is 3.63. The summed E-state index contributed by atoms with van der Waals surface area (Å²) in [7, 11) is 0. The van der Waals surface area contributed by atoms with Crippen LogP contribution in [0.4, 0.5) is 10.5 Å². The summed E-state index contributed by atoms with van der Waals surface area (Å²) in [5.74, 6) is -0.225. The maximum atomic E-state index is 11.7. The minimum Gasteiger partial charge on any atom is -0.478 e. The van der Waals surface area contributed by atoms with Crippen molar-refractivity contribution in [3.63, 3.8) is 0 Å². The van der Waals surface area contributed by atoms with E-state index in [9.17, 15) is 9.59 Å². The highest BCUT2D eigenvalue weighted by atomic mass is 16.4. The first-order valence-corrected chi connectivity index (χ1v) is 7.19. The van der Waals surface area contributed by atoms with E-state index in [2.05, 4.69) is 10.6 Å². The summed E-state index contributed by atoms with van der Waals surface area (Å²) >= 11 is 0. The number of hydrogen-bond acceptors (Lipinski definition) is 2. The molecule has 0 bridgehead atoms. The summed E-state index contributed by atoms with van der Waals surface area (Å²) in [4.78, 5) is 22.2. The fourth-order valence-corrected chi connectivity index (χ4v) is 2.23. The molecule has 0 atom stereocenters. The molecule has 5 heteroatoms. The Labute approximate surface area is 124 Å².